The average molecular weight is 366 g/mol. The first-order valence-corrected chi connectivity index (χ1v) is 9.48. The summed E-state index contributed by atoms with van der Waals surface area (Å²) in [6.07, 6.45) is 1.95. The van der Waals surface area contributed by atoms with E-state index in [9.17, 15) is 9.59 Å². The second kappa shape index (κ2) is 8.99. The Morgan fingerprint density at radius 3 is 2.60 bits per heavy atom. The number of rotatable bonds is 7. The maximum Gasteiger partial charge on any atom is 0.243 e. The molecule has 138 valence electrons. The van der Waals surface area contributed by atoms with Crippen LogP contribution in [0.1, 0.15) is 37.6 Å². The number of nitrogens with one attached hydrogen (secondary N) is 1. The standard InChI is InChI=1S/C18H26N2O4S/c1-5-6-9-19-17(22)14-11-25-18(20(14)12(2)21)13-7-8-15(23-3)16(10-13)24-4/h7-8,10,14,18H,5-6,9,11H2,1-4H3,(H,19,22). The monoisotopic (exact) mass is 366 g/mol. The van der Waals surface area contributed by atoms with Gasteiger partial charge in [-0.25, -0.2) is 0 Å². The summed E-state index contributed by atoms with van der Waals surface area (Å²) in [5.41, 5.74) is 0.918. The van der Waals surface area contributed by atoms with E-state index in [-0.39, 0.29) is 17.2 Å². The third-order valence-corrected chi connectivity index (χ3v) is 5.51. The summed E-state index contributed by atoms with van der Waals surface area (Å²) in [4.78, 5) is 26.4. The summed E-state index contributed by atoms with van der Waals surface area (Å²) in [5, 5.41) is 2.72. The maximum atomic E-state index is 12.5. The van der Waals surface area contributed by atoms with Crippen molar-refractivity contribution in [2.24, 2.45) is 0 Å². The second-order valence-corrected chi connectivity index (χ2v) is 7.00. The zero-order chi connectivity index (χ0) is 18.4. The van der Waals surface area contributed by atoms with Crippen LogP contribution in [-0.4, -0.2) is 49.3 Å². The molecule has 1 saturated heterocycles. The number of carbonyl (C=O) groups is 2. The van der Waals surface area contributed by atoms with Crippen LogP contribution in [0.5, 0.6) is 11.5 Å². The molecular weight excluding hydrogens is 340 g/mol. The van der Waals surface area contributed by atoms with Crippen LogP contribution in [-0.2, 0) is 9.59 Å². The Balaban J connectivity index is 2.21. The molecule has 0 saturated carbocycles. The van der Waals surface area contributed by atoms with Crippen LogP contribution in [0.15, 0.2) is 18.2 Å². The lowest BCUT2D eigenvalue weighted by Gasteiger charge is -2.28. The number of methoxy groups -OCH3 is 2. The highest BCUT2D eigenvalue weighted by Crippen LogP contribution is 2.43. The first-order chi connectivity index (χ1) is 12.0. The fourth-order valence-corrected chi connectivity index (χ4v) is 4.33. The smallest absolute Gasteiger partial charge is 0.243 e. The topological polar surface area (TPSA) is 67.9 Å². The van der Waals surface area contributed by atoms with Crippen molar-refractivity contribution < 1.29 is 19.1 Å². The van der Waals surface area contributed by atoms with Crippen LogP contribution >= 0.6 is 11.8 Å². The van der Waals surface area contributed by atoms with Gasteiger partial charge >= 0.3 is 0 Å². The van der Waals surface area contributed by atoms with E-state index < -0.39 is 6.04 Å². The van der Waals surface area contributed by atoms with Crippen molar-refractivity contribution in [1.29, 1.82) is 0 Å². The minimum absolute atomic E-state index is 0.0841. The first kappa shape index (κ1) is 19.4. The molecule has 1 heterocycles. The van der Waals surface area contributed by atoms with E-state index in [0.717, 1.165) is 18.4 Å². The van der Waals surface area contributed by atoms with Crippen molar-refractivity contribution in [3.63, 3.8) is 0 Å². The zero-order valence-electron chi connectivity index (χ0n) is 15.2. The minimum atomic E-state index is -0.447. The Labute approximate surface area is 153 Å². The number of amides is 2. The number of unbranched alkanes of at least 4 members (excludes halogenated alkanes) is 1. The maximum absolute atomic E-state index is 12.5. The molecule has 7 heteroatoms. The first-order valence-electron chi connectivity index (χ1n) is 8.43. The Bertz CT molecular complexity index is 623. The molecule has 0 aliphatic carbocycles. The van der Waals surface area contributed by atoms with Crippen molar-refractivity contribution in [1.82, 2.24) is 10.2 Å². The Morgan fingerprint density at radius 2 is 2.00 bits per heavy atom. The highest BCUT2D eigenvalue weighted by Gasteiger charge is 2.41. The van der Waals surface area contributed by atoms with Gasteiger partial charge < -0.3 is 19.7 Å². The van der Waals surface area contributed by atoms with Gasteiger partial charge in [0.25, 0.3) is 0 Å². The lowest BCUT2D eigenvalue weighted by molar-refractivity contribution is -0.138. The van der Waals surface area contributed by atoms with Crippen LogP contribution < -0.4 is 14.8 Å². The molecule has 2 rings (SSSR count). The van der Waals surface area contributed by atoms with Gasteiger partial charge in [0, 0.05) is 19.2 Å². The van der Waals surface area contributed by atoms with E-state index in [1.54, 1.807) is 30.9 Å². The number of benzene rings is 1. The van der Waals surface area contributed by atoms with Gasteiger partial charge in [-0.1, -0.05) is 19.4 Å². The summed E-state index contributed by atoms with van der Waals surface area (Å²) in [7, 11) is 3.16. The molecular formula is C18H26N2O4S. The molecule has 0 aromatic heterocycles. The lowest BCUT2D eigenvalue weighted by Crippen LogP contribution is -2.47. The number of nitrogens with zero attached hydrogens (tertiary/aromatic N) is 1. The number of thioether (sulfide) groups is 1. The third kappa shape index (κ3) is 4.39. The molecule has 2 atom stereocenters. The molecule has 1 aromatic rings. The highest BCUT2D eigenvalue weighted by atomic mass is 32.2. The van der Waals surface area contributed by atoms with E-state index in [0.29, 0.717) is 23.8 Å². The van der Waals surface area contributed by atoms with Gasteiger partial charge in [-0.3, -0.25) is 9.59 Å². The molecule has 1 N–H and O–H groups in total. The highest BCUT2D eigenvalue weighted by molar-refractivity contribution is 7.99. The molecule has 1 aliphatic rings. The van der Waals surface area contributed by atoms with Crippen LogP contribution in [0.25, 0.3) is 0 Å². The molecule has 1 aromatic carbocycles. The Morgan fingerprint density at radius 1 is 1.28 bits per heavy atom. The molecule has 0 bridgehead atoms. The van der Waals surface area contributed by atoms with Gasteiger partial charge in [0.2, 0.25) is 11.8 Å². The largest absolute Gasteiger partial charge is 0.493 e. The minimum Gasteiger partial charge on any atom is -0.493 e. The van der Waals surface area contributed by atoms with Gasteiger partial charge in [0.05, 0.1) is 14.2 Å². The van der Waals surface area contributed by atoms with Crippen molar-refractivity contribution in [3.8, 4) is 11.5 Å². The summed E-state index contributed by atoms with van der Waals surface area (Å²) in [6.45, 7) is 4.22. The number of hydrogen-bond donors (Lipinski definition) is 1. The van der Waals surface area contributed by atoms with Crippen LogP contribution in [0, 0.1) is 0 Å². The van der Waals surface area contributed by atoms with Crippen molar-refractivity contribution >= 4 is 23.6 Å². The van der Waals surface area contributed by atoms with Crippen molar-refractivity contribution in [2.45, 2.75) is 38.1 Å². The quantitative estimate of drug-likeness (QED) is 0.751. The zero-order valence-corrected chi connectivity index (χ0v) is 16.0. The third-order valence-electron chi connectivity index (χ3n) is 4.19. The molecule has 0 radical (unpaired) electrons. The second-order valence-electron chi connectivity index (χ2n) is 5.89. The molecule has 25 heavy (non-hydrogen) atoms. The fourth-order valence-electron chi connectivity index (χ4n) is 2.86. The van der Waals surface area contributed by atoms with Crippen LogP contribution in [0.3, 0.4) is 0 Å². The Kier molecular flexibility index (Phi) is 6.99. The van der Waals surface area contributed by atoms with Gasteiger partial charge in [0.15, 0.2) is 11.5 Å². The Hall–Kier alpha value is -1.89. The predicted octanol–water partition coefficient (Wildman–Crippen LogP) is 2.58. The fraction of sp³-hybridized carbons (Fsp3) is 0.556. The SMILES string of the molecule is CCCCNC(=O)C1CSC(c2ccc(OC)c(OC)c2)N1C(C)=O. The molecule has 2 amide bonds. The average Bonchev–Trinajstić information content (AvgIpc) is 3.06. The van der Waals surface area contributed by atoms with E-state index in [1.807, 2.05) is 18.2 Å². The molecule has 6 nitrogen and oxygen atoms in total. The summed E-state index contributed by atoms with van der Waals surface area (Å²) < 4.78 is 10.6. The summed E-state index contributed by atoms with van der Waals surface area (Å²) in [5.74, 6) is 1.63. The predicted molar refractivity (Wildman–Crippen MR) is 99.0 cm³/mol. The summed E-state index contributed by atoms with van der Waals surface area (Å²) >= 11 is 1.59. The van der Waals surface area contributed by atoms with Crippen LogP contribution in [0.4, 0.5) is 0 Å². The molecule has 1 fully saturated rings. The van der Waals surface area contributed by atoms with E-state index in [1.165, 1.54) is 6.92 Å². The van der Waals surface area contributed by atoms with Crippen LogP contribution in [0.2, 0.25) is 0 Å². The van der Waals surface area contributed by atoms with Crippen molar-refractivity contribution in [3.05, 3.63) is 23.8 Å². The van der Waals surface area contributed by atoms with E-state index in [2.05, 4.69) is 12.2 Å². The lowest BCUT2D eigenvalue weighted by atomic mass is 10.1. The van der Waals surface area contributed by atoms with Gasteiger partial charge in [0.1, 0.15) is 11.4 Å². The van der Waals surface area contributed by atoms with Crippen molar-refractivity contribution in [2.75, 3.05) is 26.5 Å². The summed E-state index contributed by atoms with van der Waals surface area (Å²) in [6, 6.07) is 5.15. The number of hydrogen-bond acceptors (Lipinski definition) is 5. The molecule has 0 spiro atoms. The van der Waals surface area contributed by atoms with Gasteiger partial charge in [-0.2, -0.15) is 0 Å². The normalized spacial score (nSPS) is 19.6. The molecule has 2 unspecified atom stereocenters. The van der Waals surface area contributed by atoms with Gasteiger partial charge in [-0.05, 0) is 24.1 Å². The van der Waals surface area contributed by atoms with E-state index in [4.69, 9.17) is 9.47 Å². The number of carbonyl (C=O) groups excluding carboxylic acids is 2. The van der Waals surface area contributed by atoms with E-state index >= 15 is 0 Å². The van der Waals surface area contributed by atoms with Gasteiger partial charge in [-0.15, -0.1) is 11.8 Å². The number of ether oxygens (including phenoxy) is 2. The molecule has 1 aliphatic heterocycles.